The van der Waals surface area contributed by atoms with Gasteiger partial charge in [-0.25, -0.2) is 4.57 Å². The number of aliphatic hydroxyl groups is 6. The van der Waals surface area contributed by atoms with Gasteiger partial charge in [-0.1, -0.05) is 136 Å². The molecular weight excluding hydrogens is 843 g/mol. The lowest BCUT2D eigenvalue weighted by Crippen LogP contribution is -2.64. The Balaban J connectivity index is 2.58. The molecule has 1 aliphatic carbocycles. The summed E-state index contributed by atoms with van der Waals surface area (Å²) < 4.78 is 33.3. The molecule has 1 aliphatic rings. The van der Waals surface area contributed by atoms with Crippen molar-refractivity contribution in [1.29, 1.82) is 0 Å². The van der Waals surface area contributed by atoms with Crippen LogP contribution in [0.2, 0.25) is 0 Å². The van der Waals surface area contributed by atoms with E-state index in [9.17, 15) is 49.7 Å². The molecule has 0 radical (unpaired) electrons. The Labute approximate surface area is 381 Å². The Morgan fingerprint density at radius 3 is 1.66 bits per heavy atom. The first kappa shape index (κ1) is 58.5. The van der Waals surface area contributed by atoms with Gasteiger partial charge < -0.3 is 45.0 Å². The van der Waals surface area contributed by atoms with Crippen LogP contribution in [-0.2, 0) is 32.7 Å². The number of carbonyl (C=O) groups is 2. The van der Waals surface area contributed by atoms with Gasteiger partial charge in [-0.05, 0) is 83.5 Å². The van der Waals surface area contributed by atoms with Crippen molar-refractivity contribution < 1.29 is 68.2 Å². The van der Waals surface area contributed by atoms with Crippen molar-refractivity contribution in [2.75, 3.05) is 13.2 Å². The summed E-state index contributed by atoms with van der Waals surface area (Å²) in [6.07, 6.45) is 34.8. The fourth-order valence-electron chi connectivity index (χ4n) is 5.99. The Morgan fingerprint density at radius 2 is 1.09 bits per heavy atom. The smallest absolute Gasteiger partial charge is 0.462 e. The number of rotatable bonds is 35. The average Bonchev–Trinajstić information content (AvgIpc) is 3.27. The first-order valence-electron chi connectivity index (χ1n) is 22.8. The summed E-state index contributed by atoms with van der Waals surface area (Å²) in [7, 11) is -5.16. The zero-order chi connectivity index (χ0) is 47.3. The number of phosphoric acid groups is 1. The number of unbranched alkanes of at least 4 members (excludes halogenated alkanes) is 5. The fourth-order valence-corrected chi connectivity index (χ4v) is 6.96. The van der Waals surface area contributed by atoms with Crippen molar-refractivity contribution in [3.63, 3.8) is 0 Å². The number of esters is 2. The summed E-state index contributed by atoms with van der Waals surface area (Å²) >= 11 is 0. The highest BCUT2D eigenvalue weighted by atomic mass is 31.2. The van der Waals surface area contributed by atoms with E-state index in [1.54, 1.807) is 12.2 Å². The van der Waals surface area contributed by atoms with Crippen molar-refractivity contribution in [2.45, 2.75) is 172 Å². The molecule has 0 saturated heterocycles. The average molecular weight is 921 g/mol. The van der Waals surface area contributed by atoms with Crippen molar-refractivity contribution in [3.05, 3.63) is 109 Å². The zero-order valence-electron chi connectivity index (χ0n) is 37.9. The molecule has 0 amide bonds. The molecule has 7 N–H and O–H groups in total. The fraction of sp³-hybridized carbons (Fsp3) is 0.592. The van der Waals surface area contributed by atoms with Crippen molar-refractivity contribution in [1.82, 2.24) is 0 Å². The molecule has 1 fully saturated rings. The van der Waals surface area contributed by atoms with Crippen LogP contribution < -0.4 is 0 Å². The number of allylic oxidation sites excluding steroid dienone is 16. The maximum Gasteiger partial charge on any atom is 0.472 e. The minimum atomic E-state index is -5.16. The van der Waals surface area contributed by atoms with Crippen molar-refractivity contribution in [2.24, 2.45) is 0 Å². The molecule has 4 unspecified atom stereocenters. The van der Waals surface area contributed by atoms with Crippen LogP contribution in [0.3, 0.4) is 0 Å². The zero-order valence-corrected chi connectivity index (χ0v) is 38.8. The van der Waals surface area contributed by atoms with E-state index in [4.69, 9.17) is 18.5 Å². The van der Waals surface area contributed by atoms with Gasteiger partial charge in [0.25, 0.3) is 0 Å². The van der Waals surface area contributed by atoms with E-state index in [1.165, 1.54) is 19.3 Å². The summed E-state index contributed by atoms with van der Waals surface area (Å²) in [6, 6.07) is 0. The van der Waals surface area contributed by atoms with Crippen molar-refractivity contribution in [3.8, 4) is 0 Å². The minimum Gasteiger partial charge on any atom is -0.462 e. The maximum absolute atomic E-state index is 12.8. The second kappa shape index (κ2) is 37.7. The Bertz CT molecular complexity index is 1550. The molecule has 0 aromatic heterocycles. The lowest BCUT2D eigenvalue weighted by Gasteiger charge is -2.41. The highest BCUT2D eigenvalue weighted by Gasteiger charge is 2.51. The van der Waals surface area contributed by atoms with Crippen LogP contribution in [0.25, 0.3) is 0 Å². The van der Waals surface area contributed by atoms with E-state index in [1.807, 2.05) is 60.8 Å². The number of hydrogen-bond donors (Lipinski definition) is 7. The molecule has 1 rings (SSSR count). The monoisotopic (exact) mass is 921 g/mol. The third kappa shape index (κ3) is 29.8. The van der Waals surface area contributed by atoms with Crippen LogP contribution in [0.5, 0.6) is 0 Å². The number of phosphoric ester groups is 1. The van der Waals surface area contributed by atoms with Crippen LogP contribution in [0.15, 0.2) is 109 Å². The van der Waals surface area contributed by atoms with Gasteiger partial charge in [0.05, 0.1) is 12.7 Å². The van der Waals surface area contributed by atoms with Crippen LogP contribution >= 0.6 is 7.82 Å². The van der Waals surface area contributed by atoms with E-state index in [2.05, 4.69) is 50.3 Å². The highest BCUT2D eigenvalue weighted by Crippen LogP contribution is 2.47. The largest absolute Gasteiger partial charge is 0.472 e. The second-order valence-corrected chi connectivity index (χ2v) is 16.8. The lowest BCUT2D eigenvalue weighted by molar-refractivity contribution is -0.220. The maximum atomic E-state index is 12.8. The Hall–Kier alpha value is -3.53. The summed E-state index contributed by atoms with van der Waals surface area (Å²) in [5.41, 5.74) is 0. The quantitative estimate of drug-likeness (QED) is 0.0106. The predicted molar refractivity (Wildman–Crippen MR) is 250 cm³/mol. The summed E-state index contributed by atoms with van der Waals surface area (Å²) in [5.74, 6) is -1.28. The van der Waals surface area contributed by atoms with Gasteiger partial charge in [0.15, 0.2) is 6.10 Å². The first-order valence-corrected chi connectivity index (χ1v) is 24.3. The third-order valence-electron chi connectivity index (χ3n) is 9.69. The third-order valence-corrected chi connectivity index (χ3v) is 10.7. The van der Waals surface area contributed by atoms with Gasteiger partial charge in [-0.2, -0.15) is 0 Å². The van der Waals surface area contributed by atoms with Gasteiger partial charge in [-0.3, -0.25) is 18.6 Å². The molecule has 0 spiro atoms. The van der Waals surface area contributed by atoms with Gasteiger partial charge in [0, 0.05) is 12.8 Å². The number of carbonyl (C=O) groups excluding carboxylic acids is 2. The number of ether oxygens (including phenoxy) is 2. The van der Waals surface area contributed by atoms with Gasteiger partial charge in [0.2, 0.25) is 0 Å². The van der Waals surface area contributed by atoms with Crippen LogP contribution in [-0.4, -0.2) is 110 Å². The molecule has 362 valence electrons. The second-order valence-electron chi connectivity index (χ2n) is 15.4. The van der Waals surface area contributed by atoms with E-state index >= 15 is 0 Å². The van der Waals surface area contributed by atoms with Gasteiger partial charge in [0.1, 0.15) is 43.2 Å². The summed E-state index contributed by atoms with van der Waals surface area (Å²) in [5, 5.41) is 60.0. The molecule has 1 saturated carbocycles. The standard InChI is InChI=1S/C49H77O14P/c1-3-5-7-8-9-10-11-12-13-16-19-22-25-28-32-36-42(51)60-38-41(39-61-64(58,59)63-49-47(56)45(54)44(53)46(55)48(49)57)62-43(52)37-33-29-26-23-20-17-14-15-18-21-24-27-31-35-40(50)34-30-6-4-2/h6,9-10,12-13,15,17-20,22,24,26-27,29-31,35,40-41,44-50,53-57H,3-5,7-8,11,14,16,21,23,25,28,32-34,36-39H2,1-2H3,(H,58,59)/b10-9-,13-12-,18-15-,20-17-,22-19-,27-24+,29-26-,30-6-,35-31+/t40?,41-,44?,45-,46+,47-,48-,49?/m1/s1. The molecule has 0 aromatic carbocycles. The summed E-state index contributed by atoms with van der Waals surface area (Å²) in [4.78, 5) is 35.6. The molecule has 0 aromatic rings. The molecule has 0 aliphatic heterocycles. The summed E-state index contributed by atoms with van der Waals surface area (Å²) in [6.45, 7) is 2.94. The van der Waals surface area contributed by atoms with Crippen LogP contribution in [0, 0.1) is 0 Å². The first-order chi connectivity index (χ1) is 30.8. The van der Waals surface area contributed by atoms with Gasteiger partial charge >= 0.3 is 19.8 Å². The number of hydrogen-bond acceptors (Lipinski definition) is 13. The number of aliphatic hydroxyl groups excluding tert-OH is 6. The lowest BCUT2D eigenvalue weighted by atomic mass is 9.85. The SMILES string of the molecule is CC/C=C\CC(O)/C=C/C=C/C/C=C\C/C=C\C/C=C\CCC(=O)O[C@H](COC(=O)CCCC/C=C\C/C=C\C/C=C\CCCCC)COP(=O)(O)OC1[C@H](O)[C@H](O)C(O)[C@H](O)[C@H]1O. The Kier molecular flexibility index (Phi) is 34.4. The Morgan fingerprint density at radius 1 is 0.578 bits per heavy atom. The van der Waals surface area contributed by atoms with E-state index in [-0.39, 0.29) is 12.8 Å². The molecule has 9 atom stereocenters. The molecule has 64 heavy (non-hydrogen) atoms. The molecule has 0 bridgehead atoms. The van der Waals surface area contributed by atoms with Crippen LogP contribution in [0.1, 0.15) is 123 Å². The topological polar surface area (TPSA) is 230 Å². The van der Waals surface area contributed by atoms with E-state index in [0.717, 1.165) is 51.4 Å². The van der Waals surface area contributed by atoms with E-state index < -0.39 is 81.8 Å². The highest BCUT2D eigenvalue weighted by molar-refractivity contribution is 7.47. The molecule has 15 heteroatoms. The molecular formula is C49H77O14P. The normalized spacial score (nSPS) is 23.1. The van der Waals surface area contributed by atoms with Gasteiger partial charge in [-0.15, -0.1) is 0 Å². The van der Waals surface area contributed by atoms with Crippen molar-refractivity contribution >= 4 is 19.8 Å². The minimum absolute atomic E-state index is 0.0592. The molecule has 0 heterocycles. The predicted octanol–water partition coefficient (Wildman–Crippen LogP) is 7.80. The van der Waals surface area contributed by atoms with Crippen LogP contribution in [0.4, 0.5) is 0 Å². The molecule has 14 nitrogen and oxygen atoms in total. The van der Waals surface area contributed by atoms with E-state index in [0.29, 0.717) is 25.7 Å².